The summed E-state index contributed by atoms with van der Waals surface area (Å²) in [4.78, 5) is 2.43. The van der Waals surface area contributed by atoms with E-state index in [1.807, 2.05) is 17.4 Å². The maximum absolute atomic E-state index is 6.47. The molecule has 55 heavy (non-hydrogen) atoms. The van der Waals surface area contributed by atoms with E-state index >= 15 is 0 Å². The molecule has 9 aromatic carbocycles. The maximum Gasteiger partial charge on any atom is 0.137 e. The molecule has 3 heteroatoms. The lowest BCUT2D eigenvalue weighted by molar-refractivity contribution is 0.669. The highest BCUT2D eigenvalue weighted by atomic mass is 32.1. The van der Waals surface area contributed by atoms with Gasteiger partial charge in [-0.2, -0.15) is 0 Å². The number of thiophene rings is 1. The molecule has 0 N–H and O–H groups in total. The van der Waals surface area contributed by atoms with Gasteiger partial charge in [0, 0.05) is 36.8 Å². The minimum absolute atomic E-state index is 0.868. The predicted molar refractivity (Wildman–Crippen MR) is 235 cm³/mol. The van der Waals surface area contributed by atoms with Gasteiger partial charge in [0.2, 0.25) is 0 Å². The van der Waals surface area contributed by atoms with Crippen LogP contribution in [0.1, 0.15) is 0 Å². The maximum atomic E-state index is 6.47. The predicted octanol–water partition coefficient (Wildman–Crippen LogP) is 15.6. The van der Waals surface area contributed by atoms with Crippen LogP contribution < -0.4 is 4.90 Å². The monoisotopic (exact) mass is 719 g/mol. The van der Waals surface area contributed by atoms with Gasteiger partial charge in [-0.3, -0.25) is 0 Å². The van der Waals surface area contributed by atoms with Gasteiger partial charge in [0.1, 0.15) is 11.2 Å². The smallest absolute Gasteiger partial charge is 0.137 e. The summed E-state index contributed by atoms with van der Waals surface area (Å²) in [7, 11) is 0. The highest BCUT2D eigenvalue weighted by Gasteiger charge is 2.23. The van der Waals surface area contributed by atoms with E-state index in [0.29, 0.717) is 0 Å². The van der Waals surface area contributed by atoms with E-state index < -0.39 is 0 Å². The molecule has 0 unspecified atom stereocenters. The molecule has 0 spiro atoms. The van der Waals surface area contributed by atoms with Crippen LogP contribution in [0.15, 0.2) is 205 Å². The van der Waals surface area contributed by atoms with E-state index in [4.69, 9.17) is 4.42 Å². The van der Waals surface area contributed by atoms with Crippen LogP contribution in [0, 0.1) is 0 Å². The first kappa shape index (κ1) is 31.6. The summed E-state index contributed by atoms with van der Waals surface area (Å²) in [6.07, 6.45) is 0. The van der Waals surface area contributed by atoms with Crippen molar-refractivity contribution >= 4 is 81.3 Å². The Morgan fingerprint density at radius 2 is 0.982 bits per heavy atom. The molecule has 2 aromatic heterocycles. The van der Waals surface area contributed by atoms with Gasteiger partial charge in [-0.1, -0.05) is 152 Å². The van der Waals surface area contributed by atoms with E-state index in [1.54, 1.807) is 0 Å². The summed E-state index contributed by atoms with van der Waals surface area (Å²) in [5.41, 5.74) is 12.2. The van der Waals surface area contributed by atoms with Crippen molar-refractivity contribution in [2.24, 2.45) is 0 Å². The van der Waals surface area contributed by atoms with Crippen molar-refractivity contribution in [2.45, 2.75) is 0 Å². The van der Waals surface area contributed by atoms with Crippen LogP contribution in [0.3, 0.4) is 0 Å². The minimum atomic E-state index is 0.868. The number of rotatable bonds is 6. The second-order valence-electron chi connectivity index (χ2n) is 14.0. The standard InChI is InChI=1S/C52H33NOS/c1-2-17-39-35(13-1)14-10-21-40(39)36-31-29-34(30-32-36)37-15-9-16-38(33-37)53(46-24-12-26-48-52(46)43-19-4-7-25-47(43)54-48)45-23-6-3-18-41(45)42-22-11-28-50-51(42)44-20-5-8-27-49(44)55-50/h1-33H. The van der Waals surface area contributed by atoms with Crippen LogP contribution in [0.4, 0.5) is 17.1 Å². The summed E-state index contributed by atoms with van der Waals surface area (Å²) in [5, 5.41) is 7.29. The van der Waals surface area contributed by atoms with Crippen LogP contribution in [0.25, 0.3) is 86.3 Å². The van der Waals surface area contributed by atoms with Gasteiger partial charge in [-0.05, 0) is 87.1 Å². The zero-order valence-corrected chi connectivity index (χ0v) is 30.6. The zero-order valence-electron chi connectivity index (χ0n) is 29.8. The van der Waals surface area contributed by atoms with Crippen molar-refractivity contribution in [3.8, 4) is 33.4 Å². The van der Waals surface area contributed by atoms with Crippen LogP contribution in [-0.4, -0.2) is 0 Å². The average Bonchev–Trinajstić information content (AvgIpc) is 3.83. The first-order valence-corrected chi connectivity index (χ1v) is 19.5. The first-order chi connectivity index (χ1) is 27.3. The molecule has 0 aliphatic carbocycles. The Kier molecular flexibility index (Phi) is 7.39. The second kappa shape index (κ2) is 12.9. The van der Waals surface area contributed by atoms with Gasteiger partial charge in [0.25, 0.3) is 0 Å². The minimum Gasteiger partial charge on any atom is -0.456 e. The summed E-state index contributed by atoms with van der Waals surface area (Å²) in [6.45, 7) is 0. The van der Waals surface area contributed by atoms with Crippen molar-refractivity contribution < 1.29 is 4.42 Å². The fourth-order valence-electron chi connectivity index (χ4n) is 8.39. The molecule has 0 amide bonds. The van der Waals surface area contributed by atoms with E-state index in [9.17, 15) is 0 Å². The molecular weight excluding hydrogens is 687 g/mol. The van der Waals surface area contributed by atoms with Gasteiger partial charge in [0.15, 0.2) is 0 Å². The van der Waals surface area contributed by atoms with Gasteiger partial charge in [-0.25, -0.2) is 0 Å². The Hall–Kier alpha value is -6.94. The molecule has 0 saturated carbocycles. The largest absolute Gasteiger partial charge is 0.456 e. The van der Waals surface area contributed by atoms with E-state index in [1.165, 1.54) is 58.8 Å². The Morgan fingerprint density at radius 1 is 0.364 bits per heavy atom. The van der Waals surface area contributed by atoms with Crippen molar-refractivity contribution in [1.82, 2.24) is 0 Å². The molecular formula is C52H33NOS. The first-order valence-electron chi connectivity index (χ1n) is 18.7. The van der Waals surface area contributed by atoms with Crippen LogP contribution in [0.5, 0.6) is 0 Å². The number of hydrogen-bond acceptors (Lipinski definition) is 3. The molecule has 0 atom stereocenters. The average molecular weight is 720 g/mol. The zero-order chi connectivity index (χ0) is 36.3. The van der Waals surface area contributed by atoms with E-state index in [2.05, 4.69) is 199 Å². The van der Waals surface area contributed by atoms with Gasteiger partial charge >= 0.3 is 0 Å². The van der Waals surface area contributed by atoms with Crippen LogP contribution in [0.2, 0.25) is 0 Å². The number of nitrogens with zero attached hydrogens (tertiary/aromatic N) is 1. The molecule has 11 rings (SSSR count). The summed E-state index contributed by atoms with van der Waals surface area (Å²) >= 11 is 1.86. The molecule has 2 nitrogen and oxygen atoms in total. The number of benzene rings is 9. The number of para-hydroxylation sites is 2. The second-order valence-corrected chi connectivity index (χ2v) is 15.1. The Morgan fingerprint density at radius 3 is 1.91 bits per heavy atom. The van der Waals surface area contributed by atoms with Crippen molar-refractivity contribution in [3.05, 3.63) is 200 Å². The lowest BCUT2D eigenvalue weighted by atomic mass is 9.95. The molecule has 0 bridgehead atoms. The highest BCUT2D eigenvalue weighted by molar-refractivity contribution is 7.25. The van der Waals surface area contributed by atoms with Crippen LogP contribution in [-0.2, 0) is 0 Å². The number of furan rings is 1. The summed E-state index contributed by atoms with van der Waals surface area (Å²) in [6, 6.07) is 72.2. The van der Waals surface area contributed by atoms with Gasteiger partial charge < -0.3 is 9.32 Å². The molecule has 0 aliphatic rings. The lowest BCUT2D eigenvalue weighted by Crippen LogP contribution is -2.11. The Labute approximate surface area is 322 Å². The third-order valence-electron chi connectivity index (χ3n) is 10.9. The van der Waals surface area contributed by atoms with Crippen molar-refractivity contribution in [2.75, 3.05) is 4.90 Å². The molecule has 0 saturated heterocycles. The fraction of sp³-hybridized carbons (Fsp3) is 0. The molecule has 0 aliphatic heterocycles. The van der Waals surface area contributed by atoms with Crippen molar-refractivity contribution in [1.29, 1.82) is 0 Å². The number of anilines is 3. The third-order valence-corrected chi connectivity index (χ3v) is 12.0. The highest BCUT2D eigenvalue weighted by Crippen LogP contribution is 2.49. The normalized spacial score (nSPS) is 11.6. The number of hydrogen-bond donors (Lipinski definition) is 0. The topological polar surface area (TPSA) is 16.4 Å². The van der Waals surface area contributed by atoms with Crippen LogP contribution >= 0.6 is 11.3 Å². The third kappa shape index (κ3) is 5.24. The van der Waals surface area contributed by atoms with Crippen molar-refractivity contribution in [3.63, 3.8) is 0 Å². The number of fused-ring (bicyclic) bond motifs is 7. The van der Waals surface area contributed by atoms with E-state index in [0.717, 1.165) is 44.6 Å². The Bertz CT molecular complexity index is 3220. The molecule has 0 radical (unpaired) electrons. The van der Waals surface area contributed by atoms with Gasteiger partial charge in [0.05, 0.1) is 16.8 Å². The molecule has 0 fully saturated rings. The molecule has 2 heterocycles. The quantitative estimate of drug-likeness (QED) is 0.170. The molecule has 11 aromatic rings. The lowest BCUT2D eigenvalue weighted by Gasteiger charge is -2.29. The van der Waals surface area contributed by atoms with Gasteiger partial charge in [-0.15, -0.1) is 11.3 Å². The molecule has 258 valence electrons. The summed E-state index contributed by atoms with van der Waals surface area (Å²) in [5.74, 6) is 0. The SMILES string of the molecule is c1cc(-c2ccc(-c3cccc4ccccc34)cc2)cc(N(c2ccccc2-c2cccc3sc4ccccc4c23)c2cccc3oc4ccccc4c23)c1. The fourth-order valence-corrected chi connectivity index (χ4v) is 9.52. The summed E-state index contributed by atoms with van der Waals surface area (Å²) < 4.78 is 9.06. The Balaban J connectivity index is 1.11. The van der Waals surface area contributed by atoms with E-state index in [-0.39, 0.29) is 0 Å².